The van der Waals surface area contributed by atoms with E-state index in [0.717, 1.165) is 24.2 Å². The van der Waals surface area contributed by atoms with Gasteiger partial charge in [0.15, 0.2) is 0 Å². The van der Waals surface area contributed by atoms with Crippen LogP contribution in [-0.2, 0) is 4.79 Å². The predicted octanol–water partition coefficient (Wildman–Crippen LogP) is 4.12. The number of carbonyl (C=O) groups excluding carboxylic acids is 1. The lowest BCUT2D eigenvalue weighted by molar-refractivity contribution is -0.274. The van der Waals surface area contributed by atoms with Gasteiger partial charge in [-0.1, -0.05) is 12.1 Å². The lowest BCUT2D eigenvalue weighted by Gasteiger charge is -2.20. The highest BCUT2D eigenvalue weighted by Crippen LogP contribution is 2.30. The number of alkyl halides is 3. The molecule has 4 rings (SSSR count). The summed E-state index contributed by atoms with van der Waals surface area (Å²) in [4.78, 5) is 27.0. The first-order valence-electron chi connectivity index (χ1n) is 10.9. The fraction of sp³-hybridized carbons (Fsp3) is 0.391. The number of benzene rings is 1. The number of nitrogens with zero attached hydrogens (tertiary/aromatic N) is 4. The molecule has 2 aromatic heterocycles. The van der Waals surface area contributed by atoms with Crippen LogP contribution in [0, 0.1) is 6.92 Å². The van der Waals surface area contributed by atoms with Gasteiger partial charge in [-0.3, -0.25) is 4.79 Å². The van der Waals surface area contributed by atoms with E-state index in [2.05, 4.69) is 35.2 Å². The van der Waals surface area contributed by atoms with Crippen LogP contribution >= 0.6 is 0 Å². The molecule has 2 N–H and O–H groups in total. The number of halogens is 3. The average Bonchev–Trinajstić information content (AvgIpc) is 3.20. The molecule has 1 aliphatic rings. The van der Waals surface area contributed by atoms with Gasteiger partial charge in [0, 0.05) is 31.4 Å². The van der Waals surface area contributed by atoms with Crippen LogP contribution in [0.15, 0.2) is 36.5 Å². The molecule has 2 atom stereocenters. The lowest BCUT2D eigenvalue weighted by atomic mass is 10.1. The van der Waals surface area contributed by atoms with Crippen molar-refractivity contribution in [2.24, 2.45) is 0 Å². The van der Waals surface area contributed by atoms with E-state index >= 15 is 0 Å². The summed E-state index contributed by atoms with van der Waals surface area (Å²) in [5, 5.41) is 6.97. The van der Waals surface area contributed by atoms with Gasteiger partial charge in [0.2, 0.25) is 5.91 Å². The minimum absolute atomic E-state index is 0.0626. The molecule has 3 heterocycles. The van der Waals surface area contributed by atoms with Crippen LogP contribution in [0.3, 0.4) is 0 Å². The zero-order chi connectivity index (χ0) is 24.5. The zero-order valence-corrected chi connectivity index (χ0v) is 19.0. The normalized spacial score (nSPS) is 17.0. The minimum Gasteiger partial charge on any atom is -0.406 e. The van der Waals surface area contributed by atoms with E-state index in [9.17, 15) is 18.0 Å². The topological polar surface area (TPSA) is 92.3 Å². The monoisotopic (exact) mass is 474 g/mol. The molecule has 11 heteroatoms. The number of aryl methyl sites for hydroxylation is 1. The van der Waals surface area contributed by atoms with Gasteiger partial charge in [-0.2, -0.15) is 0 Å². The lowest BCUT2D eigenvalue weighted by Crippen LogP contribution is -2.35. The van der Waals surface area contributed by atoms with Gasteiger partial charge in [0.25, 0.3) is 0 Å². The van der Waals surface area contributed by atoms with E-state index in [1.54, 1.807) is 19.2 Å². The molecule has 0 bridgehead atoms. The maximum Gasteiger partial charge on any atom is 0.573 e. The number of anilines is 2. The fourth-order valence-electron chi connectivity index (χ4n) is 4.06. The summed E-state index contributed by atoms with van der Waals surface area (Å²) in [5.41, 5.74) is 1.26. The standard InChI is InChI=1S/C23H25F3N6O2/c1-13(16-5-4-6-18(9-16)34-23(24,25)26)28-22-19-10-21(27-11-20(19)29-14(2)30-22)32-8-7-17(12-32)31-15(3)33/h4-6,9-11,13,17H,7-8,12H2,1-3H3,(H,31,33)(H,28,29,30)/t13-,17-/m1/s1. The van der Waals surface area contributed by atoms with Crippen LogP contribution in [0.25, 0.3) is 10.9 Å². The van der Waals surface area contributed by atoms with Gasteiger partial charge in [-0.05, 0) is 44.0 Å². The summed E-state index contributed by atoms with van der Waals surface area (Å²) in [6.07, 6.45) is -2.26. The highest BCUT2D eigenvalue weighted by molar-refractivity contribution is 5.90. The Labute approximate surface area is 194 Å². The Morgan fingerprint density at radius 1 is 1.26 bits per heavy atom. The Bertz CT molecular complexity index is 1200. The second-order valence-corrected chi connectivity index (χ2v) is 8.30. The highest BCUT2D eigenvalue weighted by Gasteiger charge is 2.31. The maximum atomic E-state index is 12.6. The summed E-state index contributed by atoms with van der Waals surface area (Å²) in [7, 11) is 0. The Kier molecular flexibility index (Phi) is 6.45. The smallest absolute Gasteiger partial charge is 0.406 e. The number of hydrogen-bond acceptors (Lipinski definition) is 7. The van der Waals surface area contributed by atoms with Gasteiger partial charge < -0.3 is 20.3 Å². The van der Waals surface area contributed by atoms with Gasteiger partial charge in [-0.15, -0.1) is 13.2 Å². The van der Waals surface area contributed by atoms with Crippen molar-refractivity contribution in [2.75, 3.05) is 23.3 Å². The molecule has 1 fully saturated rings. The first-order chi connectivity index (χ1) is 16.1. The van der Waals surface area contributed by atoms with E-state index in [4.69, 9.17) is 0 Å². The zero-order valence-electron chi connectivity index (χ0n) is 19.0. The van der Waals surface area contributed by atoms with Crippen LogP contribution in [0.5, 0.6) is 5.75 Å². The van der Waals surface area contributed by atoms with Crippen LogP contribution < -0.4 is 20.3 Å². The number of ether oxygens (including phenoxy) is 1. The minimum atomic E-state index is -4.76. The van der Waals surface area contributed by atoms with E-state index in [0.29, 0.717) is 29.3 Å². The third kappa shape index (κ3) is 5.64. The number of carbonyl (C=O) groups is 1. The quantitative estimate of drug-likeness (QED) is 0.555. The van der Waals surface area contributed by atoms with Crippen molar-refractivity contribution >= 4 is 28.4 Å². The van der Waals surface area contributed by atoms with E-state index in [1.807, 2.05) is 13.0 Å². The molecule has 1 aromatic carbocycles. The molecule has 1 amide bonds. The summed E-state index contributed by atoms with van der Waals surface area (Å²) < 4.78 is 41.9. The number of rotatable bonds is 6. The second kappa shape index (κ2) is 9.32. The van der Waals surface area contributed by atoms with E-state index in [1.165, 1.54) is 25.1 Å². The predicted molar refractivity (Wildman–Crippen MR) is 122 cm³/mol. The Hall–Kier alpha value is -3.63. The van der Waals surface area contributed by atoms with Crippen molar-refractivity contribution in [2.45, 2.75) is 45.6 Å². The van der Waals surface area contributed by atoms with Crippen LogP contribution in [0.4, 0.5) is 24.8 Å². The molecule has 1 aliphatic heterocycles. The Morgan fingerprint density at radius 2 is 2.06 bits per heavy atom. The summed E-state index contributed by atoms with van der Waals surface area (Å²) >= 11 is 0. The molecule has 0 unspecified atom stereocenters. The van der Waals surface area contributed by atoms with Gasteiger partial charge in [-0.25, -0.2) is 15.0 Å². The molecule has 0 saturated carbocycles. The molecular weight excluding hydrogens is 449 g/mol. The van der Waals surface area contributed by atoms with E-state index < -0.39 is 6.36 Å². The molecule has 3 aromatic rings. The van der Waals surface area contributed by atoms with Crippen molar-refractivity contribution in [3.05, 3.63) is 47.9 Å². The highest BCUT2D eigenvalue weighted by atomic mass is 19.4. The summed E-state index contributed by atoms with van der Waals surface area (Å²) in [6.45, 7) is 6.49. The second-order valence-electron chi connectivity index (χ2n) is 8.30. The number of pyridine rings is 1. The van der Waals surface area contributed by atoms with Crippen molar-refractivity contribution in [1.29, 1.82) is 0 Å². The first-order valence-corrected chi connectivity index (χ1v) is 10.9. The van der Waals surface area contributed by atoms with Gasteiger partial charge in [0.1, 0.15) is 23.2 Å². The van der Waals surface area contributed by atoms with Crippen molar-refractivity contribution in [3.8, 4) is 5.75 Å². The van der Waals surface area contributed by atoms with E-state index in [-0.39, 0.29) is 23.7 Å². The first kappa shape index (κ1) is 23.5. The number of aromatic nitrogens is 3. The largest absolute Gasteiger partial charge is 0.573 e. The Morgan fingerprint density at radius 3 is 2.79 bits per heavy atom. The van der Waals surface area contributed by atoms with Crippen LogP contribution in [-0.4, -0.2) is 46.4 Å². The fourth-order valence-corrected chi connectivity index (χ4v) is 4.06. The molecule has 0 radical (unpaired) electrons. The van der Waals surface area contributed by atoms with Crippen LogP contribution in [0.1, 0.15) is 37.7 Å². The molecule has 0 spiro atoms. The molecule has 34 heavy (non-hydrogen) atoms. The van der Waals surface area contributed by atoms with Crippen LogP contribution in [0.2, 0.25) is 0 Å². The van der Waals surface area contributed by atoms with Crippen molar-refractivity contribution < 1.29 is 22.7 Å². The van der Waals surface area contributed by atoms with Gasteiger partial charge >= 0.3 is 6.36 Å². The third-order valence-electron chi connectivity index (χ3n) is 5.54. The number of fused-ring (bicyclic) bond motifs is 1. The molecule has 8 nitrogen and oxygen atoms in total. The molecular formula is C23H25F3N6O2. The SMILES string of the molecule is CC(=O)N[C@@H]1CCN(c2cc3c(N[C@H](C)c4cccc(OC(F)(F)F)c4)nc(C)nc3cn2)C1. The Balaban J connectivity index is 1.59. The maximum absolute atomic E-state index is 12.6. The number of amides is 1. The number of hydrogen-bond donors (Lipinski definition) is 2. The molecule has 180 valence electrons. The van der Waals surface area contributed by atoms with Crippen molar-refractivity contribution in [3.63, 3.8) is 0 Å². The molecule has 1 saturated heterocycles. The third-order valence-corrected chi connectivity index (χ3v) is 5.54. The van der Waals surface area contributed by atoms with Crippen molar-refractivity contribution in [1.82, 2.24) is 20.3 Å². The van der Waals surface area contributed by atoms with Gasteiger partial charge in [0.05, 0.1) is 17.8 Å². The average molecular weight is 474 g/mol. The number of nitrogens with one attached hydrogen (secondary N) is 2. The summed E-state index contributed by atoms with van der Waals surface area (Å²) in [5.74, 6) is 1.49. The molecule has 0 aliphatic carbocycles. The summed E-state index contributed by atoms with van der Waals surface area (Å²) in [6, 6.07) is 7.44.